The second-order valence-electron chi connectivity index (χ2n) is 6.11. The van der Waals surface area contributed by atoms with Crippen molar-refractivity contribution in [1.29, 1.82) is 0 Å². The predicted octanol–water partition coefficient (Wildman–Crippen LogP) is 4.83. The third kappa shape index (κ3) is 5.50. The Kier molecular flexibility index (Phi) is 6.28. The van der Waals surface area contributed by atoms with Gasteiger partial charge in [0.05, 0.1) is 5.02 Å². The largest absolute Gasteiger partial charge is 0.314 e. The molecule has 108 valence electrons. The number of rotatable bonds is 7. The van der Waals surface area contributed by atoms with Gasteiger partial charge < -0.3 is 5.32 Å². The second-order valence-corrected chi connectivity index (χ2v) is 6.49. The molecule has 1 rings (SSSR count). The fraction of sp³-hybridized carbons (Fsp3) is 0.625. The van der Waals surface area contributed by atoms with Gasteiger partial charge in [-0.25, -0.2) is 4.39 Å². The highest BCUT2D eigenvalue weighted by Crippen LogP contribution is 2.31. The molecule has 0 saturated heterocycles. The van der Waals surface area contributed by atoms with Crippen LogP contribution in [0.15, 0.2) is 18.2 Å². The molecule has 0 saturated carbocycles. The highest BCUT2D eigenvalue weighted by atomic mass is 35.5. The number of hydrogen-bond acceptors (Lipinski definition) is 1. The Labute approximate surface area is 121 Å². The van der Waals surface area contributed by atoms with Gasteiger partial charge >= 0.3 is 0 Å². The van der Waals surface area contributed by atoms with Crippen molar-refractivity contribution in [3.8, 4) is 0 Å². The summed E-state index contributed by atoms with van der Waals surface area (Å²) in [7, 11) is 0. The smallest absolute Gasteiger partial charge is 0.142 e. The van der Waals surface area contributed by atoms with Crippen molar-refractivity contribution >= 4 is 11.6 Å². The molecule has 0 aromatic heterocycles. The minimum Gasteiger partial charge on any atom is -0.314 e. The van der Waals surface area contributed by atoms with Crippen LogP contribution >= 0.6 is 11.6 Å². The molecule has 0 aliphatic heterocycles. The molecule has 0 radical (unpaired) electrons. The Morgan fingerprint density at radius 1 is 1.37 bits per heavy atom. The summed E-state index contributed by atoms with van der Waals surface area (Å²) in [6, 6.07) is 5.51. The van der Waals surface area contributed by atoms with Crippen LogP contribution in [0.3, 0.4) is 0 Å². The van der Waals surface area contributed by atoms with Crippen molar-refractivity contribution in [2.75, 3.05) is 6.54 Å². The minimum absolute atomic E-state index is 0.0948. The molecule has 1 unspecified atom stereocenters. The molecule has 1 nitrogen and oxygen atoms in total. The molecule has 19 heavy (non-hydrogen) atoms. The number of benzene rings is 1. The summed E-state index contributed by atoms with van der Waals surface area (Å²) in [6.45, 7) is 9.82. The van der Waals surface area contributed by atoms with E-state index in [1.807, 2.05) is 6.07 Å². The van der Waals surface area contributed by atoms with Gasteiger partial charge in [-0.3, -0.25) is 0 Å². The van der Waals surface area contributed by atoms with Crippen LogP contribution in [0, 0.1) is 11.2 Å². The summed E-state index contributed by atoms with van der Waals surface area (Å²) in [5.74, 6) is -0.327. The van der Waals surface area contributed by atoms with Crippen molar-refractivity contribution in [3.63, 3.8) is 0 Å². The molecule has 0 amide bonds. The van der Waals surface area contributed by atoms with Crippen LogP contribution in [-0.2, 0) is 6.42 Å². The van der Waals surface area contributed by atoms with E-state index in [0.717, 1.165) is 31.4 Å². The lowest BCUT2D eigenvalue weighted by molar-refractivity contribution is 0.287. The summed E-state index contributed by atoms with van der Waals surface area (Å²) in [5, 5.41) is 3.76. The Hall–Kier alpha value is -0.600. The Bertz CT molecular complexity index is 404. The molecule has 1 atom stereocenters. The molecule has 0 spiro atoms. The zero-order valence-electron chi connectivity index (χ0n) is 12.4. The van der Waals surface area contributed by atoms with Gasteiger partial charge in [-0.15, -0.1) is 0 Å². The molecule has 0 heterocycles. The van der Waals surface area contributed by atoms with E-state index in [-0.39, 0.29) is 16.3 Å². The highest BCUT2D eigenvalue weighted by molar-refractivity contribution is 6.31. The standard InChI is InChI=1S/C16H25ClFN/c1-5-9-19-12(2)10-16(3,4)11-13-7-6-8-14(18)15(13)17/h6-8,12,19H,5,9-11H2,1-4H3. The van der Waals surface area contributed by atoms with Crippen LogP contribution in [0.1, 0.15) is 46.1 Å². The lowest BCUT2D eigenvalue weighted by Gasteiger charge is -2.29. The zero-order chi connectivity index (χ0) is 14.5. The molecular weight excluding hydrogens is 261 g/mol. The van der Waals surface area contributed by atoms with Gasteiger partial charge in [0.2, 0.25) is 0 Å². The molecule has 0 bridgehead atoms. The molecular formula is C16H25ClFN. The van der Waals surface area contributed by atoms with Crippen molar-refractivity contribution in [2.45, 2.75) is 53.0 Å². The fourth-order valence-electron chi connectivity index (χ4n) is 2.56. The third-order valence-corrected chi connectivity index (χ3v) is 3.73. The van der Waals surface area contributed by atoms with Gasteiger partial charge in [0, 0.05) is 6.04 Å². The molecule has 0 fully saturated rings. The van der Waals surface area contributed by atoms with Gasteiger partial charge in [0.25, 0.3) is 0 Å². The quantitative estimate of drug-likeness (QED) is 0.757. The van der Waals surface area contributed by atoms with Gasteiger partial charge in [0.1, 0.15) is 5.82 Å². The maximum atomic E-state index is 13.4. The summed E-state index contributed by atoms with van der Waals surface area (Å²) in [5.41, 5.74) is 0.992. The second kappa shape index (κ2) is 7.25. The highest BCUT2D eigenvalue weighted by Gasteiger charge is 2.23. The van der Waals surface area contributed by atoms with Crippen molar-refractivity contribution in [1.82, 2.24) is 5.32 Å². The maximum Gasteiger partial charge on any atom is 0.142 e. The lowest BCUT2D eigenvalue weighted by Crippen LogP contribution is -2.32. The Morgan fingerprint density at radius 3 is 2.68 bits per heavy atom. The summed E-state index contributed by atoms with van der Waals surface area (Å²) < 4.78 is 13.4. The SMILES string of the molecule is CCCNC(C)CC(C)(C)Cc1cccc(F)c1Cl. The monoisotopic (exact) mass is 285 g/mol. The topological polar surface area (TPSA) is 12.0 Å². The van der Waals surface area contributed by atoms with E-state index in [1.54, 1.807) is 6.07 Å². The zero-order valence-corrected chi connectivity index (χ0v) is 13.1. The molecule has 0 aliphatic carbocycles. The first-order valence-electron chi connectivity index (χ1n) is 7.02. The summed E-state index contributed by atoms with van der Waals surface area (Å²) in [4.78, 5) is 0. The van der Waals surface area contributed by atoms with E-state index in [2.05, 4.69) is 33.0 Å². The predicted molar refractivity (Wildman–Crippen MR) is 81.3 cm³/mol. The molecule has 0 aliphatic rings. The summed E-state index contributed by atoms with van der Waals surface area (Å²) in [6.07, 6.45) is 2.97. The third-order valence-electron chi connectivity index (χ3n) is 3.30. The van der Waals surface area contributed by atoms with Gasteiger partial charge in [-0.2, -0.15) is 0 Å². The normalized spacial score (nSPS) is 13.6. The minimum atomic E-state index is -0.327. The van der Waals surface area contributed by atoms with E-state index in [1.165, 1.54) is 6.07 Å². The average Bonchev–Trinajstić information content (AvgIpc) is 2.31. The fourth-order valence-corrected chi connectivity index (χ4v) is 2.76. The van der Waals surface area contributed by atoms with Crippen LogP contribution in [0.4, 0.5) is 4.39 Å². The molecule has 1 aromatic rings. The van der Waals surface area contributed by atoms with Crippen LogP contribution in [0.5, 0.6) is 0 Å². The van der Waals surface area contributed by atoms with Crippen molar-refractivity contribution < 1.29 is 4.39 Å². The van der Waals surface area contributed by atoms with Gasteiger partial charge in [-0.1, -0.05) is 44.5 Å². The Morgan fingerprint density at radius 2 is 2.05 bits per heavy atom. The van der Waals surface area contributed by atoms with Crippen LogP contribution in [0.2, 0.25) is 5.02 Å². The first kappa shape index (κ1) is 16.5. The number of hydrogen-bond donors (Lipinski definition) is 1. The number of nitrogens with one attached hydrogen (secondary N) is 1. The molecule has 1 aromatic carbocycles. The number of halogens is 2. The molecule has 1 N–H and O–H groups in total. The first-order chi connectivity index (χ1) is 8.85. The average molecular weight is 286 g/mol. The van der Waals surface area contributed by atoms with Crippen molar-refractivity contribution in [3.05, 3.63) is 34.6 Å². The Balaban J connectivity index is 2.65. The van der Waals surface area contributed by atoms with E-state index >= 15 is 0 Å². The van der Waals surface area contributed by atoms with Gasteiger partial charge in [0.15, 0.2) is 0 Å². The van der Waals surface area contributed by atoms with E-state index < -0.39 is 0 Å². The molecule has 3 heteroatoms. The summed E-state index contributed by atoms with van der Waals surface area (Å²) >= 11 is 6.03. The van der Waals surface area contributed by atoms with E-state index in [9.17, 15) is 4.39 Å². The van der Waals surface area contributed by atoms with E-state index in [4.69, 9.17) is 11.6 Å². The first-order valence-corrected chi connectivity index (χ1v) is 7.40. The van der Waals surface area contributed by atoms with Crippen LogP contribution in [-0.4, -0.2) is 12.6 Å². The van der Waals surface area contributed by atoms with Crippen molar-refractivity contribution in [2.24, 2.45) is 5.41 Å². The van der Waals surface area contributed by atoms with Crippen LogP contribution in [0.25, 0.3) is 0 Å². The van der Waals surface area contributed by atoms with Gasteiger partial charge in [-0.05, 0) is 49.8 Å². The lowest BCUT2D eigenvalue weighted by atomic mass is 9.80. The van der Waals surface area contributed by atoms with Crippen LogP contribution < -0.4 is 5.32 Å². The van der Waals surface area contributed by atoms with E-state index in [0.29, 0.717) is 6.04 Å². The maximum absolute atomic E-state index is 13.4.